The zero-order valence-corrected chi connectivity index (χ0v) is 17.4. The Labute approximate surface area is 178 Å². The van der Waals surface area contributed by atoms with Crippen molar-refractivity contribution >= 4 is 34.5 Å². The maximum absolute atomic E-state index is 12.4. The lowest BCUT2D eigenvalue weighted by Crippen LogP contribution is -2.38. The molecule has 1 heterocycles. The number of benzene rings is 2. The third-order valence-corrected chi connectivity index (χ3v) is 4.76. The monoisotopic (exact) mass is 424 g/mol. The molecule has 0 spiro atoms. The van der Waals surface area contributed by atoms with E-state index in [9.17, 15) is 19.2 Å². The number of likely N-dealkylation sites (N-methyl/N-ethyl adjacent to an activating group) is 1. The number of aromatic nitrogens is 1. The molecule has 162 valence electrons. The first kappa shape index (κ1) is 21.8. The minimum atomic E-state index is -0.750. The number of nitrogens with one attached hydrogen (secondary N) is 2. The fourth-order valence-corrected chi connectivity index (χ4v) is 2.97. The SMILES string of the molecule is Cc1ccc(NC(=O)C(=O)NCCCN(C)C(=O)Cn2c(=O)oc3ccccc32)cc1. The third kappa shape index (κ3) is 5.59. The van der Waals surface area contributed by atoms with Crippen LogP contribution in [0.5, 0.6) is 0 Å². The number of hydrogen-bond donors (Lipinski definition) is 2. The second-order valence-corrected chi connectivity index (χ2v) is 7.17. The Bertz CT molecular complexity index is 1150. The summed E-state index contributed by atoms with van der Waals surface area (Å²) in [5.74, 6) is -2.35. The van der Waals surface area contributed by atoms with E-state index in [0.717, 1.165) is 5.56 Å². The quantitative estimate of drug-likeness (QED) is 0.441. The average molecular weight is 424 g/mol. The highest BCUT2D eigenvalue weighted by Crippen LogP contribution is 2.12. The molecule has 0 atom stereocenters. The minimum absolute atomic E-state index is 0.141. The largest absolute Gasteiger partial charge is 0.420 e. The standard InChI is InChI=1S/C22H24N4O5/c1-15-8-10-16(11-9-15)24-21(29)20(28)23-12-5-13-25(2)19(27)14-26-17-6-3-4-7-18(17)31-22(26)30/h3-4,6-11H,5,12-14H2,1-2H3,(H,23,28)(H,24,29). The van der Waals surface area contributed by atoms with Crippen LogP contribution in [0.2, 0.25) is 0 Å². The number of aryl methyl sites for hydroxylation is 1. The van der Waals surface area contributed by atoms with Crippen LogP contribution in [0.25, 0.3) is 11.1 Å². The van der Waals surface area contributed by atoms with Crippen molar-refractivity contribution in [2.24, 2.45) is 0 Å². The molecule has 2 N–H and O–H groups in total. The van der Waals surface area contributed by atoms with E-state index in [-0.39, 0.29) is 19.0 Å². The van der Waals surface area contributed by atoms with E-state index in [4.69, 9.17) is 4.42 Å². The maximum Gasteiger partial charge on any atom is 0.420 e. The number of rotatable bonds is 7. The molecule has 0 fully saturated rings. The number of nitrogens with zero attached hydrogens (tertiary/aromatic N) is 2. The van der Waals surface area contributed by atoms with Crippen LogP contribution in [-0.2, 0) is 20.9 Å². The number of amides is 3. The number of hydrogen-bond acceptors (Lipinski definition) is 5. The second-order valence-electron chi connectivity index (χ2n) is 7.17. The molecule has 0 saturated heterocycles. The van der Waals surface area contributed by atoms with E-state index in [0.29, 0.717) is 29.8 Å². The van der Waals surface area contributed by atoms with Gasteiger partial charge >= 0.3 is 17.6 Å². The van der Waals surface area contributed by atoms with Gasteiger partial charge in [-0.05, 0) is 37.6 Å². The summed E-state index contributed by atoms with van der Waals surface area (Å²) in [5, 5.41) is 5.05. The van der Waals surface area contributed by atoms with Gasteiger partial charge < -0.3 is 20.0 Å². The molecule has 9 heteroatoms. The molecule has 31 heavy (non-hydrogen) atoms. The zero-order valence-electron chi connectivity index (χ0n) is 17.4. The lowest BCUT2D eigenvalue weighted by molar-refractivity contribution is -0.136. The van der Waals surface area contributed by atoms with Crippen LogP contribution in [0.1, 0.15) is 12.0 Å². The highest BCUT2D eigenvalue weighted by atomic mass is 16.4. The Morgan fingerprint density at radius 2 is 1.74 bits per heavy atom. The van der Waals surface area contributed by atoms with Crippen LogP contribution in [0, 0.1) is 6.92 Å². The van der Waals surface area contributed by atoms with Crippen molar-refractivity contribution in [2.75, 3.05) is 25.5 Å². The smallest absolute Gasteiger partial charge is 0.408 e. The Balaban J connectivity index is 1.42. The first-order valence-corrected chi connectivity index (χ1v) is 9.83. The van der Waals surface area contributed by atoms with Crippen molar-refractivity contribution in [3.8, 4) is 0 Å². The van der Waals surface area contributed by atoms with Gasteiger partial charge in [-0.1, -0.05) is 29.8 Å². The summed E-state index contributed by atoms with van der Waals surface area (Å²) < 4.78 is 6.41. The van der Waals surface area contributed by atoms with Gasteiger partial charge in [0.15, 0.2) is 5.58 Å². The first-order chi connectivity index (χ1) is 14.8. The van der Waals surface area contributed by atoms with Crippen molar-refractivity contribution in [1.82, 2.24) is 14.8 Å². The predicted octanol–water partition coefficient (Wildman–Crippen LogP) is 1.51. The molecule has 0 aliphatic heterocycles. The van der Waals surface area contributed by atoms with E-state index < -0.39 is 17.6 Å². The molecule has 9 nitrogen and oxygen atoms in total. The van der Waals surface area contributed by atoms with Crippen LogP contribution >= 0.6 is 0 Å². The summed E-state index contributed by atoms with van der Waals surface area (Å²) in [6.45, 7) is 2.36. The molecule has 3 aromatic rings. The zero-order chi connectivity index (χ0) is 22.4. The fourth-order valence-electron chi connectivity index (χ4n) is 2.97. The highest BCUT2D eigenvalue weighted by molar-refractivity contribution is 6.39. The molecule has 0 aliphatic carbocycles. The topological polar surface area (TPSA) is 114 Å². The summed E-state index contributed by atoms with van der Waals surface area (Å²) in [4.78, 5) is 49.7. The van der Waals surface area contributed by atoms with Crippen molar-refractivity contribution in [3.05, 3.63) is 64.6 Å². The summed E-state index contributed by atoms with van der Waals surface area (Å²) in [6.07, 6.45) is 0.451. The minimum Gasteiger partial charge on any atom is -0.408 e. The van der Waals surface area contributed by atoms with Gasteiger partial charge in [0, 0.05) is 25.8 Å². The summed E-state index contributed by atoms with van der Waals surface area (Å²) in [5.41, 5.74) is 2.57. The third-order valence-electron chi connectivity index (χ3n) is 4.76. The Hall–Kier alpha value is -3.88. The number of oxazole rings is 1. The van der Waals surface area contributed by atoms with E-state index in [1.807, 2.05) is 19.1 Å². The molecule has 1 aromatic heterocycles. The normalized spacial score (nSPS) is 10.6. The molecule has 0 saturated carbocycles. The molecule has 0 bridgehead atoms. The van der Waals surface area contributed by atoms with Crippen molar-refractivity contribution < 1.29 is 18.8 Å². The van der Waals surface area contributed by atoms with Gasteiger partial charge in [0.2, 0.25) is 5.91 Å². The summed E-state index contributed by atoms with van der Waals surface area (Å²) in [6, 6.07) is 14.0. The van der Waals surface area contributed by atoms with Crippen LogP contribution < -0.4 is 16.4 Å². The Morgan fingerprint density at radius 1 is 1.03 bits per heavy atom. The van der Waals surface area contributed by atoms with Gasteiger partial charge in [-0.15, -0.1) is 0 Å². The predicted molar refractivity (Wildman–Crippen MR) is 116 cm³/mol. The first-order valence-electron chi connectivity index (χ1n) is 9.83. The molecule has 3 amide bonds. The van der Waals surface area contributed by atoms with Gasteiger partial charge in [-0.25, -0.2) is 4.79 Å². The number of carbonyl (C=O) groups is 3. The number of fused-ring (bicyclic) bond motifs is 1. The highest BCUT2D eigenvalue weighted by Gasteiger charge is 2.16. The van der Waals surface area contributed by atoms with Crippen LogP contribution in [0.15, 0.2) is 57.7 Å². The van der Waals surface area contributed by atoms with Gasteiger partial charge in [0.25, 0.3) is 0 Å². The molecular weight excluding hydrogens is 400 g/mol. The van der Waals surface area contributed by atoms with Crippen molar-refractivity contribution in [2.45, 2.75) is 19.9 Å². The van der Waals surface area contributed by atoms with E-state index in [1.165, 1.54) is 9.47 Å². The fraction of sp³-hybridized carbons (Fsp3) is 0.273. The number of para-hydroxylation sites is 2. The molecule has 2 aromatic carbocycles. The second kappa shape index (κ2) is 9.75. The van der Waals surface area contributed by atoms with Gasteiger partial charge in [0.05, 0.1) is 5.52 Å². The Morgan fingerprint density at radius 3 is 2.48 bits per heavy atom. The van der Waals surface area contributed by atoms with Crippen LogP contribution in [0.4, 0.5) is 5.69 Å². The molecular formula is C22H24N4O5. The lowest BCUT2D eigenvalue weighted by atomic mass is 10.2. The van der Waals surface area contributed by atoms with E-state index in [1.54, 1.807) is 43.4 Å². The number of carbonyl (C=O) groups excluding carboxylic acids is 3. The molecule has 0 unspecified atom stereocenters. The van der Waals surface area contributed by atoms with Crippen molar-refractivity contribution in [3.63, 3.8) is 0 Å². The van der Waals surface area contributed by atoms with Crippen LogP contribution in [0.3, 0.4) is 0 Å². The van der Waals surface area contributed by atoms with Crippen LogP contribution in [-0.4, -0.2) is 47.3 Å². The van der Waals surface area contributed by atoms with Crippen molar-refractivity contribution in [1.29, 1.82) is 0 Å². The Kier molecular flexibility index (Phi) is 6.86. The average Bonchev–Trinajstić information content (AvgIpc) is 3.07. The van der Waals surface area contributed by atoms with E-state index >= 15 is 0 Å². The maximum atomic E-state index is 12.4. The van der Waals surface area contributed by atoms with Gasteiger partial charge in [0.1, 0.15) is 6.54 Å². The summed E-state index contributed by atoms with van der Waals surface area (Å²) >= 11 is 0. The van der Waals surface area contributed by atoms with E-state index in [2.05, 4.69) is 10.6 Å². The molecule has 0 radical (unpaired) electrons. The lowest BCUT2D eigenvalue weighted by Gasteiger charge is -2.17. The van der Waals surface area contributed by atoms with Gasteiger partial charge in [-0.3, -0.25) is 19.0 Å². The summed E-state index contributed by atoms with van der Waals surface area (Å²) in [7, 11) is 1.61. The number of anilines is 1. The molecule has 3 rings (SSSR count). The molecule has 0 aliphatic rings. The van der Waals surface area contributed by atoms with Gasteiger partial charge in [-0.2, -0.15) is 0 Å².